The fraction of sp³-hybridized carbons (Fsp3) is 0.800. The number of nitrogens with one attached hydrogen (secondary N) is 2. The van der Waals surface area contributed by atoms with Crippen LogP contribution in [0.3, 0.4) is 0 Å². The molecule has 2 N–H and O–H groups in total. The van der Waals surface area contributed by atoms with Gasteiger partial charge in [-0.2, -0.15) is 0 Å². The van der Waals surface area contributed by atoms with E-state index in [1.54, 1.807) is 6.66 Å². The number of unbranched alkanes of at least 4 members (excludes halogenated alkanes) is 1. The maximum atomic E-state index is 12.0. The van der Waals surface area contributed by atoms with Crippen molar-refractivity contribution in [3.05, 3.63) is 0 Å². The van der Waals surface area contributed by atoms with Crippen LogP contribution in [0.25, 0.3) is 0 Å². The third-order valence-electron chi connectivity index (χ3n) is 2.54. The van der Waals surface area contributed by atoms with Crippen LogP contribution in [0, 0.1) is 0 Å². The highest BCUT2D eigenvalue weighted by Gasteiger charge is 2.31. The van der Waals surface area contributed by atoms with Crippen LogP contribution in [0.1, 0.15) is 26.2 Å². The van der Waals surface area contributed by atoms with E-state index in [1.165, 1.54) is 0 Å². The molecule has 1 fully saturated rings. The van der Waals surface area contributed by atoms with Crippen LogP contribution < -0.4 is 10.6 Å². The van der Waals surface area contributed by atoms with Gasteiger partial charge in [0.1, 0.15) is 6.04 Å². The minimum atomic E-state index is -2.65. The molecule has 0 bridgehead atoms. The SMILES string of the molecule is CCCCOP(C)(=O)CCC1NC(=O)NC1=O. The Kier molecular flexibility index (Phi) is 5.15. The van der Waals surface area contributed by atoms with Gasteiger partial charge in [-0.1, -0.05) is 13.3 Å². The molecule has 7 heteroatoms. The van der Waals surface area contributed by atoms with Crippen molar-refractivity contribution in [2.45, 2.75) is 32.2 Å². The summed E-state index contributed by atoms with van der Waals surface area (Å²) in [5.74, 6) is -0.358. The summed E-state index contributed by atoms with van der Waals surface area (Å²) < 4.78 is 17.3. The maximum Gasteiger partial charge on any atom is 0.322 e. The van der Waals surface area contributed by atoms with Gasteiger partial charge in [-0.25, -0.2) is 4.79 Å². The first-order valence-corrected chi connectivity index (χ1v) is 8.03. The molecule has 1 heterocycles. The van der Waals surface area contributed by atoms with E-state index in [4.69, 9.17) is 4.52 Å². The standard InChI is InChI=1S/C10H19N2O4P/c1-3-4-6-16-17(2,15)7-5-8-9(13)12-10(14)11-8/h8H,3-7H2,1-2H3,(H2,11,12,13,14). The zero-order valence-electron chi connectivity index (χ0n) is 10.2. The van der Waals surface area contributed by atoms with Crippen LogP contribution >= 0.6 is 7.37 Å². The number of amides is 3. The van der Waals surface area contributed by atoms with Gasteiger partial charge >= 0.3 is 6.03 Å². The number of hydrogen-bond donors (Lipinski definition) is 2. The van der Waals surface area contributed by atoms with E-state index in [9.17, 15) is 14.2 Å². The molecule has 0 aromatic carbocycles. The van der Waals surface area contributed by atoms with Crippen LogP contribution in [0.15, 0.2) is 0 Å². The van der Waals surface area contributed by atoms with Gasteiger partial charge in [0.2, 0.25) is 0 Å². The van der Waals surface area contributed by atoms with Crippen molar-refractivity contribution in [1.29, 1.82) is 0 Å². The van der Waals surface area contributed by atoms with Crippen LogP contribution in [0.4, 0.5) is 4.79 Å². The van der Waals surface area contributed by atoms with Crippen LogP contribution in [0.2, 0.25) is 0 Å². The van der Waals surface area contributed by atoms with E-state index in [2.05, 4.69) is 10.6 Å². The Labute approximate surface area is 101 Å². The third kappa shape index (κ3) is 4.88. The lowest BCUT2D eigenvalue weighted by Crippen LogP contribution is -2.29. The zero-order chi connectivity index (χ0) is 12.9. The molecule has 0 aromatic rings. The fourth-order valence-electron chi connectivity index (χ4n) is 1.49. The number of urea groups is 1. The molecular formula is C10H19N2O4P. The van der Waals surface area contributed by atoms with E-state index in [0.717, 1.165) is 12.8 Å². The van der Waals surface area contributed by atoms with Gasteiger partial charge in [0.15, 0.2) is 7.37 Å². The summed E-state index contributed by atoms with van der Waals surface area (Å²) in [4.78, 5) is 22.1. The lowest BCUT2D eigenvalue weighted by molar-refractivity contribution is -0.120. The minimum Gasteiger partial charge on any atom is -0.329 e. The van der Waals surface area contributed by atoms with Gasteiger partial charge in [0, 0.05) is 12.8 Å². The molecule has 0 spiro atoms. The van der Waals surface area contributed by atoms with E-state index >= 15 is 0 Å². The number of imide groups is 1. The highest BCUT2D eigenvalue weighted by molar-refractivity contribution is 7.58. The third-order valence-corrected chi connectivity index (χ3v) is 4.34. The highest BCUT2D eigenvalue weighted by Crippen LogP contribution is 2.43. The number of carbonyl (C=O) groups is 2. The molecule has 0 aromatic heterocycles. The first kappa shape index (κ1) is 14.2. The van der Waals surface area contributed by atoms with Crippen molar-refractivity contribution < 1.29 is 18.7 Å². The van der Waals surface area contributed by atoms with Gasteiger partial charge in [0.25, 0.3) is 5.91 Å². The van der Waals surface area contributed by atoms with Gasteiger partial charge in [0.05, 0.1) is 6.61 Å². The maximum absolute atomic E-state index is 12.0. The lowest BCUT2D eigenvalue weighted by Gasteiger charge is -2.15. The average molecular weight is 262 g/mol. The second kappa shape index (κ2) is 6.17. The predicted molar refractivity (Wildman–Crippen MR) is 64.3 cm³/mol. The van der Waals surface area contributed by atoms with Crippen molar-refractivity contribution in [2.75, 3.05) is 19.4 Å². The zero-order valence-corrected chi connectivity index (χ0v) is 11.1. The number of carbonyl (C=O) groups excluding carboxylic acids is 2. The number of rotatable bonds is 7. The molecule has 1 aliphatic heterocycles. The Hall–Kier alpha value is -0.870. The van der Waals surface area contributed by atoms with E-state index in [0.29, 0.717) is 19.2 Å². The monoisotopic (exact) mass is 262 g/mol. The highest BCUT2D eigenvalue weighted by atomic mass is 31.2. The largest absolute Gasteiger partial charge is 0.329 e. The molecule has 2 unspecified atom stereocenters. The molecule has 3 amide bonds. The van der Waals surface area contributed by atoms with Gasteiger partial charge < -0.3 is 9.84 Å². The molecular weight excluding hydrogens is 243 g/mol. The Bertz CT molecular complexity index is 345. The van der Waals surface area contributed by atoms with Crippen molar-refractivity contribution in [2.24, 2.45) is 0 Å². The van der Waals surface area contributed by atoms with Gasteiger partial charge in [-0.3, -0.25) is 14.7 Å². The molecule has 0 radical (unpaired) electrons. The lowest BCUT2D eigenvalue weighted by atomic mass is 10.2. The summed E-state index contributed by atoms with van der Waals surface area (Å²) in [6.45, 7) is 4.08. The van der Waals surface area contributed by atoms with Crippen molar-refractivity contribution in [3.8, 4) is 0 Å². The molecule has 0 aliphatic carbocycles. The second-order valence-corrected chi connectivity index (χ2v) is 6.96. The van der Waals surface area contributed by atoms with Gasteiger partial charge in [-0.15, -0.1) is 0 Å². The minimum absolute atomic E-state index is 0.301. The Morgan fingerprint density at radius 1 is 1.41 bits per heavy atom. The molecule has 2 atom stereocenters. The van der Waals surface area contributed by atoms with Gasteiger partial charge in [-0.05, 0) is 12.8 Å². The van der Waals surface area contributed by atoms with Crippen molar-refractivity contribution >= 4 is 19.3 Å². The Morgan fingerprint density at radius 2 is 2.12 bits per heavy atom. The Balaban J connectivity index is 2.31. The summed E-state index contributed by atoms with van der Waals surface area (Å²) in [7, 11) is -2.65. The van der Waals surface area contributed by atoms with E-state index < -0.39 is 19.4 Å². The molecule has 1 aliphatic rings. The molecule has 1 saturated heterocycles. The number of hydrogen-bond acceptors (Lipinski definition) is 4. The normalized spacial score (nSPS) is 23.1. The topological polar surface area (TPSA) is 84.5 Å². The van der Waals surface area contributed by atoms with E-state index in [-0.39, 0.29) is 5.91 Å². The van der Waals surface area contributed by atoms with Crippen molar-refractivity contribution in [3.63, 3.8) is 0 Å². The molecule has 1 rings (SSSR count). The predicted octanol–water partition coefficient (Wildman–Crippen LogP) is 1.31. The molecule has 17 heavy (non-hydrogen) atoms. The molecule has 98 valence electrons. The average Bonchev–Trinajstić information content (AvgIpc) is 2.55. The summed E-state index contributed by atoms with van der Waals surface area (Å²) in [6.07, 6.45) is 2.51. The molecule has 0 saturated carbocycles. The quantitative estimate of drug-likeness (QED) is 0.411. The van der Waals surface area contributed by atoms with E-state index in [1.807, 2.05) is 6.92 Å². The summed E-state index contributed by atoms with van der Waals surface area (Å²) in [6, 6.07) is -1.07. The van der Waals surface area contributed by atoms with Crippen LogP contribution in [-0.2, 0) is 13.9 Å². The first-order valence-electron chi connectivity index (χ1n) is 5.77. The fourth-order valence-corrected chi connectivity index (χ4v) is 2.86. The molecule has 6 nitrogen and oxygen atoms in total. The summed E-state index contributed by atoms with van der Waals surface area (Å²) in [5, 5.41) is 4.60. The summed E-state index contributed by atoms with van der Waals surface area (Å²) in [5.41, 5.74) is 0. The Morgan fingerprint density at radius 3 is 2.65 bits per heavy atom. The van der Waals surface area contributed by atoms with Crippen LogP contribution in [-0.4, -0.2) is 37.4 Å². The van der Waals surface area contributed by atoms with Crippen molar-refractivity contribution in [1.82, 2.24) is 10.6 Å². The second-order valence-electron chi connectivity index (χ2n) is 4.23. The summed E-state index contributed by atoms with van der Waals surface area (Å²) >= 11 is 0. The van der Waals surface area contributed by atoms with Crippen LogP contribution in [0.5, 0.6) is 0 Å². The smallest absolute Gasteiger partial charge is 0.322 e. The first-order chi connectivity index (χ1) is 7.94.